The lowest BCUT2D eigenvalue weighted by Gasteiger charge is -2.36. The Morgan fingerprint density at radius 2 is 1.91 bits per heavy atom. The van der Waals surface area contributed by atoms with Crippen molar-refractivity contribution in [1.29, 1.82) is 0 Å². The van der Waals surface area contributed by atoms with Gasteiger partial charge in [0.05, 0.1) is 16.9 Å². The minimum absolute atomic E-state index is 0.0438. The third-order valence-electron chi connectivity index (χ3n) is 5.99. The van der Waals surface area contributed by atoms with Crippen molar-refractivity contribution < 1.29 is 9.59 Å². The van der Waals surface area contributed by atoms with Crippen LogP contribution in [0.15, 0.2) is 73.1 Å². The summed E-state index contributed by atoms with van der Waals surface area (Å²) in [5, 5.41) is 7.03. The highest BCUT2D eigenvalue weighted by atomic mass is 32.1. The third-order valence-corrected chi connectivity index (χ3v) is 6.75. The Balaban J connectivity index is 1.20. The molecule has 1 fully saturated rings. The fraction of sp³-hybridized carbons (Fsp3) is 0.200. The summed E-state index contributed by atoms with van der Waals surface area (Å²) < 4.78 is 5.24. The smallest absolute Gasteiger partial charge is 0.251 e. The van der Waals surface area contributed by atoms with E-state index in [1.807, 2.05) is 66.9 Å². The highest BCUT2D eigenvalue weighted by Gasteiger charge is 2.37. The normalized spacial score (nSPS) is 17.5. The molecule has 1 aliphatic rings. The van der Waals surface area contributed by atoms with E-state index in [1.165, 1.54) is 11.5 Å². The Kier molecular flexibility index (Phi) is 5.64. The zero-order valence-electron chi connectivity index (χ0n) is 17.3. The predicted octanol–water partition coefficient (Wildman–Crippen LogP) is 4.75. The van der Waals surface area contributed by atoms with E-state index in [0.29, 0.717) is 12.1 Å². The number of anilines is 1. The monoisotopic (exact) mass is 442 g/mol. The van der Waals surface area contributed by atoms with Gasteiger partial charge in [0, 0.05) is 34.9 Å². The fourth-order valence-corrected chi connectivity index (χ4v) is 4.73. The Hall–Kier alpha value is -3.58. The van der Waals surface area contributed by atoms with Crippen LogP contribution in [-0.4, -0.2) is 21.2 Å². The van der Waals surface area contributed by atoms with Crippen molar-refractivity contribution in [3.63, 3.8) is 0 Å². The van der Waals surface area contributed by atoms with Gasteiger partial charge < -0.3 is 10.6 Å². The van der Waals surface area contributed by atoms with Crippen molar-refractivity contribution in [1.82, 2.24) is 14.7 Å². The van der Waals surface area contributed by atoms with Crippen molar-refractivity contribution in [2.75, 3.05) is 5.32 Å². The van der Waals surface area contributed by atoms with Crippen molar-refractivity contribution in [3.8, 4) is 0 Å². The molecule has 2 N–H and O–H groups in total. The lowest BCUT2D eigenvalue weighted by molar-refractivity contribution is -0.123. The zero-order valence-corrected chi connectivity index (χ0v) is 18.1. The molecule has 5 rings (SSSR count). The Morgan fingerprint density at radius 3 is 2.66 bits per heavy atom. The molecule has 32 heavy (non-hydrogen) atoms. The largest absolute Gasteiger partial charge is 0.346 e. The molecule has 160 valence electrons. The first kappa shape index (κ1) is 20.3. The van der Waals surface area contributed by atoms with Crippen molar-refractivity contribution in [2.24, 2.45) is 5.92 Å². The molecule has 0 radical (unpaired) electrons. The molecular formula is C25H22N4O2S. The van der Waals surface area contributed by atoms with Crippen LogP contribution in [0.2, 0.25) is 0 Å². The van der Waals surface area contributed by atoms with E-state index in [2.05, 4.69) is 20.0 Å². The Morgan fingerprint density at radius 1 is 1.03 bits per heavy atom. The predicted molar refractivity (Wildman–Crippen MR) is 126 cm³/mol. The van der Waals surface area contributed by atoms with E-state index in [9.17, 15) is 9.59 Å². The molecule has 1 aliphatic carbocycles. The maximum absolute atomic E-state index is 12.9. The molecule has 2 atom stereocenters. The molecule has 7 heteroatoms. The van der Waals surface area contributed by atoms with Gasteiger partial charge in [-0.3, -0.25) is 14.6 Å². The SMILES string of the molecule is O=C(NCc1ccccn1)c1ccc([C@H]2CC[C@@H]2C(=O)Nc2ccc3cnsc3c2)cc1. The highest BCUT2D eigenvalue weighted by molar-refractivity contribution is 7.13. The second kappa shape index (κ2) is 8.88. The second-order valence-electron chi connectivity index (χ2n) is 7.98. The molecule has 4 aromatic rings. The van der Waals surface area contributed by atoms with Gasteiger partial charge in [-0.05, 0) is 78.3 Å². The van der Waals surface area contributed by atoms with Crippen LogP contribution in [0, 0.1) is 5.92 Å². The molecule has 0 spiro atoms. The van der Waals surface area contributed by atoms with Crippen LogP contribution in [0.4, 0.5) is 5.69 Å². The number of benzene rings is 2. The minimum Gasteiger partial charge on any atom is -0.346 e. The molecular weight excluding hydrogens is 420 g/mol. The molecule has 1 saturated carbocycles. The number of carbonyl (C=O) groups excluding carboxylic acids is 2. The summed E-state index contributed by atoms with van der Waals surface area (Å²) in [4.78, 5) is 29.5. The standard InChI is InChI=1S/C25H22N4O2S/c30-24(27-15-20-3-1-2-12-26-20)17-6-4-16(5-7-17)21-10-11-22(21)25(31)29-19-9-8-18-14-28-32-23(18)13-19/h1-9,12-14,21-22H,10-11,15H2,(H,27,30)(H,29,31)/t21-,22+/m1/s1. The lowest BCUT2D eigenvalue weighted by Crippen LogP contribution is -2.35. The summed E-state index contributed by atoms with van der Waals surface area (Å²) in [7, 11) is 0. The first-order valence-electron chi connectivity index (χ1n) is 10.6. The number of fused-ring (bicyclic) bond motifs is 1. The number of pyridine rings is 1. The number of aromatic nitrogens is 2. The Labute approximate surface area is 189 Å². The average molecular weight is 443 g/mol. The summed E-state index contributed by atoms with van der Waals surface area (Å²) in [6, 6.07) is 19.1. The van der Waals surface area contributed by atoms with Gasteiger partial charge >= 0.3 is 0 Å². The first-order valence-corrected chi connectivity index (χ1v) is 11.4. The molecule has 0 unspecified atom stereocenters. The third kappa shape index (κ3) is 4.24. The number of carbonyl (C=O) groups is 2. The maximum atomic E-state index is 12.9. The van der Waals surface area contributed by atoms with Crippen LogP contribution in [0.1, 0.15) is 40.4 Å². The fourth-order valence-electron chi connectivity index (χ4n) is 4.04. The van der Waals surface area contributed by atoms with Gasteiger partial charge in [-0.2, -0.15) is 4.37 Å². The Bertz CT molecular complexity index is 1250. The first-order chi connectivity index (χ1) is 15.7. The summed E-state index contributed by atoms with van der Waals surface area (Å²) in [6.07, 6.45) is 5.37. The van der Waals surface area contributed by atoms with Gasteiger partial charge in [-0.15, -0.1) is 0 Å². The van der Waals surface area contributed by atoms with E-state index < -0.39 is 0 Å². The van der Waals surface area contributed by atoms with Crippen molar-refractivity contribution in [3.05, 3.63) is 89.9 Å². The average Bonchev–Trinajstić information content (AvgIpc) is 3.26. The van der Waals surface area contributed by atoms with Crippen LogP contribution >= 0.6 is 11.5 Å². The van der Waals surface area contributed by atoms with Crippen LogP contribution in [-0.2, 0) is 11.3 Å². The van der Waals surface area contributed by atoms with Gasteiger partial charge in [-0.1, -0.05) is 18.2 Å². The van der Waals surface area contributed by atoms with E-state index in [-0.39, 0.29) is 23.7 Å². The number of hydrogen-bond acceptors (Lipinski definition) is 5. The number of nitrogens with zero attached hydrogens (tertiary/aromatic N) is 2. The summed E-state index contributed by atoms with van der Waals surface area (Å²) in [5.74, 6) is 0.0228. The minimum atomic E-state index is -0.136. The molecule has 2 amide bonds. The van der Waals surface area contributed by atoms with E-state index >= 15 is 0 Å². The van der Waals surface area contributed by atoms with Crippen molar-refractivity contribution >= 4 is 39.1 Å². The summed E-state index contributed by atoms with van der Waals surface area (Å²) >= 11 is 1.42. The van der Waals surface area contributed by atoms with Crippen LogP contribution in [0.5, 0.6) is 0 Å². The molecule has 0 bridgehead atoms. The lowest BCUT2D eigenvalue weighted by atomic mass is 9.69. The zero-order chi connectivity index (χ0) is 21.9. The molecule has 6 nitrogen and oxygen atoms in total. The molecule has 2 heterocycles. The van der Waals surface area contributed by atoms with Gasteiger partial charge in [-0.25, -0.2) is 0 Å². The molecule has 0 aliphatic heterocycles. The maximum Gasteiger partial charge on any atom is 0.251 e. The van der Waals surface area contributed by atoms with Crippen LogP contribution < -0.4 is 10.6 Å². The van der Waals surface area contributed by atoms with Gasteiger partial charge in [0.15, 0.2) is 0 Å². The van der Waals surface area contributed by atoms with Crippen LogP contribution in [0.25, 0.3) is 10.1 Å². The highest BCUT2D eigenvalue weighted by Crippen LogP contribution is 2.43. The quantitative estimate of drug-likeness (QED) is 0.451. The number of amides is 2. The van der Waals surface area contributed by atoms with E-state index in [1.54, 1.807) is 6.20 Å². The van der Waals surface area contributed by atoms with Crippen LogP contribution in [0.3, 0.4) is 0 Å². The van der Waals surface area contributed by atoms with Gasteiger partial charge in [0.1, 0.15) is 0 Å². The summed E-state index contributed by atoms with van der Waals surface area (Å²) in [6.45, 7) is 0.389. The van der Waals surface area contributed by atoms with E-state index in [0.717, 1.165) is 39.9 Å². The number of nitrogens with one attached hydrogen (secondary N) is 2. The second-order valence-corrected chi connectivity index (χ2v) is 8.82. The topological polar surface area (TPSA) is 84.0 Å². The number of hydrogen-bond donors (Lipinski definition) is 2. The summed E-state index contributed by atoms with van der Waals surface area (Å²) in [5.41, 5.74) is 3.31. The van der Waals surface area contributed by atoms with E-state index in [4.69, 9.17) is 0 Å². The molecule has 0 saturated heterocycles. The molecule has 2 aromatic carbocycles. The van der Waals surface area contributed by atoms with Gasteiger partial charge in [0.25, 0.3) is 5.91 Å². The molecule has 2 aromatic heterocycles. The van der Waals surface area contributed by atoms with Gasteiger partial charge in [0.2, 0.25) is 5.91 Å². The van der Waals surface area contributed by atoms with Crippen molar-refractivity contribution in [2.45, 2.75) is 25.3 Å². The number of rotatable bonds is 6.